The number of hydrogen-bond donors (Lipinski definition) is 3. The van der Waals surface area contributed by atoms with Crippen LogP contribution in [0.1, 0.15) is 42.9 Å². The fraction of sp³-hybridized carbons (Fsp3) is 0.583. The van der Waals surface area contributed by atoms with Gasteiger partial charge < -0.3 is 5.73 Å². The van der Waals surface area contributed by atoms with Crippen LogP contribution < -0.4 is 17.0 Å². The van der Waals surface area contributed by atoms with Crippen LogP contribution in [0.5, 0.6) is 0 Å². The molecule has 0 unspecified atom stereocenters. The molecular weight excluding hydrogens is 302 g/mol. The zero-order valence-corrected chi connectivity index (χ0v) is 13.2. The monoisotopic (exact) mass is 323 g/mol. The smallest absolute Gasteiger partial charge is 0.287 e. The number of nitrogens with two attached hydrogens (primary N) is 2. The van der Waals surface area contributed by atoms with E-state index < -0.39 is 5.91 Å². The molecule has 11 heteroatoms. The molecule has 0 aliphatic rings. The van der Waals surface area contributed by atoms with Crippen molar-refractivity contribution in [2.75, 3.05) is 18.8 Å². The van der Waals surface area contributed by atoms with Gasteiger partial charge in [0.05, 0.1) is 5.69 Å². The molecule has 0 radical (unpaired) electrons. The minimum atomic E-state index is -0.533. The molecule has 2 aromatic heterocycles. The Hall–Kier alpha value is -2.53. The lowest BCUT2D eigenvalue weighted by Crippen LogP contribution is -2.33. The Labute approximate surface area is 132 Å². The number of carbonyl (C=O) groups is 1. The number of hydrazine groups is 1. The number of carbonyl (C=O) groups excluding carboxylic acids is 1. The molecule has 0 bridgehead atoms. The van der Waals surface area contributed by atoms with E-state index in [2.05, 4.69) is 49.4 Å². The second-order valence-electron chi connectivity index (χ2n) is 5.02. The highest BCUT2D eigenvalue weighted by atomic mass is 16.6. The van der Waals surface area contributed by atoms with E-state index in [-0.39, 0.29) is 17.3 Å². The third-order valence-corrected chi connectivity index (χ3v) is 3.26. The Bertz CT molecular complexity index is 645. The molecule has 11 nitrogen and oxygen atoms in total. The highest BCUT2D eigenvalue weighted by Crippen LogP contribution is 2.17. The third-order valence-electron chi connectivity index (χ3n) is 3.26. The Morgan fingerprint density at radius 2 is 2.00 bits per heavy atom. The molecule has 0 saturated heterocycles. The number of rotatable bonds is 8. The maximum Gasteiger partial charge on any atom is 0.287 e. The van der Waals surface area contributed by atoms with Crippen LogP contribution in [0, 0.1) is 0 Å². The highest BCUT2D eigenvalue weighted by Gasteiger charge is 2.24. The fourth-order valence-corrected chi connectivity index (χ4v) is 2.31. The lowest BCUT2D eigenvalue weighted by Gasteiger charge is -2.21. The van der Waals surface area contributed by atoms with E-state index >= 15 is 0 Å². The minimum Gasteiger partial charge on any atom is -0.378 e. The van der Waals surface area contributed by atoms with Crippen molar-refractivity contribution in [3.05, 3.63) is 11.4 Å². The van der Waals surface area contributed by atoms with Crippen LogP contribution in [0.25, 0.3) is 5.82 Å². The van der Waals surface area contributed by atoms with Crippen LogP contribution in [0.3, 0.4) is 0 Å². The standard InChI is InChI=1S/C12H21N9O2/c1-3-5-20(6-4-2)7-8-9(12(22)15-14)16-19-21(8)11-10(13)17-23-18-11/h3-7,14H2,1-2H3,(H2,13,17)(H,15,22). The third kappa shape index (κ3) is 3.63. The molecule has 0 spiro atoms. The molecule has 5 N–H and O–H groups in total. The first-order valence-electron chi connectivity index (χ1n) is 7.38. The summed E-state index contributed by atoms with van der Waals surface area (Å²) in [6.45, 7) is 6.37. The van der Waals surface area contributed by atoms with Crippen LogP contribution in [0.15, 0.2) is 4.63 Å². The predicted molar refractivity (Wildman–Crippen MR) is 81.1 cm³/mol. The summed E-state index contributed by atoms with van der Waals surface area (Å²) in [4.78, 5) is 14.1. The zero-order chi connectivity index (χ0) is 16.8. The second kappa shape index (κ2) is 7.65. The van der Waals surface area contributed by atoms with Gasteiger partial charge in [-0.1, -0.05) is 19.1 Å². The molecule has 0 fully saturated rings. The first kappa shape index (κ1) is 16.8. The summed E-state index contributed by atoms with van der Waals surface area (Å²) in [5, 5.41) is 15.1. The Kier molecular flexibility index (Phi) is 5.60. The summed E-state index contributed by atoms with van der Waals surface area (Å²) >= 11 is 0. The maximum atomic E-state index is 11.9. The van der Waals surface area contributed by atoms with E-state index in [9.17, 15) is 4.79 Å². The molecule has 0 aromatic carbocycles. The normalized spacial score (nSPS) is 11.1. The van der Waals surface area contributed by atoms with Crippen LogP contribution in [0.4, 0.5) is 5.82 Å². The number of nitrogens with one attached hydrogen (secondary N) is 1. The van der Waals surface area contributed by atoms with E-state index in [1.54, 1.807) is 0 Å². The van der Waals surface area contributed by atoms with Crippen LogP contribution in [-0.2, 0) is 6.54 Å². The lowest BCUT2D eigenvalue weighted by molar-refractivity contribution is 0.0946. The number of anilines is 1. The Balaban J connectivity index is 2.42. The van der Waals surface area contributed by atoms with Crippen molar-refractivity contribution in [2.24, 2.45) is 5.84 Å². The average Bonchev–Trinajstić information content (AvgIpc) is 3.13. The molecule has 0 saturated carbocycles. The number of aromatic nitrogens is 5. The van der Waals surface area contributed by atoms with E-state index in [0.717, 1.165) is 25.9 Å². The van der Waals surface area contributed by atoms with Gasteiger partial charge in [-0.2, -0.15) is 4.68 Å². The molecule has 0 aliphatic heterocycles. The first-order chi connectivity index (χ1) is 11.1. The van der Waals surface area contributed by atoms with Gasteiger partial charge in [-0.05, 0) is 36.2 Å². The van der Waals surface area contributed by atoms with Gasteiger partial charge in [0, 0.05) is 6.54 Å². The summed E-state index contributed by atoms with van der Waals surface area (Å²) < 4.78 is 5.95. The van der Waals surface area contributed by atoms with E-state index in [4.69, 9.17) is 11.6 Å². The van der Waals surface area contributed by atoms with E-state index in [1.807, 2.05) is 0 Å². The summed E-state index contributed by atoms with van der Waals surface area (Å²) in [5.74, 6) is 4.94. The molecule has 2 heterocycles. The van der Waals surface area contributed by atoms with Crippen molar-refractivity contribution in [1.29, 1.82) is 0 Å². The quantitative estimate of drug-likeness (QED) is 0.330. The SMILES string of the molecule is CCCN(CCC)Cc1c(C(=O)NN)nnn1-c1nonc1N. The minimum absolute atomic E-state index is 0.0633. The lowest BCUT2D eigenvalue weighted by atomic mass is 10.2. The van der Waals surface area contributed by atoms with Crippen LogP contribution in [-0.4, -0.2) is 49.2 Å². The van der Waals surface area contributed by atoms with Gasteiger partial charge in [-0.3, -0.25) is 15.1 Å². The predicted octanol–water partition coefficient (Wildman–Crippen LogP) is -0.542. The van der Waals surface area contributed by atoms with Gasteiger partial charge in [0.2, 0.25) is 11.6 Å². The number of amides is 1. The molecule has 2 aromatic rings. The number of hydrogen-bond acceptors (Lipinski definition) is 9. The summed E-state index contributed by atoms with van der Waals surface area (Å²) in [5.41, 5.74) is 8.42. The maximum absolute atomic E-state index is 11.9. The van der Waals surface area contributed by atoms with E-state index in [1.165, 1.54) is 4.68 Å². The molecule has 0 atom stereocenters. The molecule has 0 aliphatic carbocycles. The van der Waals surface area contributed by atoms with E-state index in [0.29, 0.717) is 12.2 Å². The van der Waals surface area contributed by atoms with Gasteiger partial charge in [-0.15, -0.1) is 5.10 Å². The van der Waals surface area contributed by atoms with Crippen molar-refractivity contribution in [2.45, 2.75) is 33.2 Å². The summed E-state index contributed by atoms with van der Waals surface area (Å²) in [6.07, 6.45) is 1.96. The van der Waals surface area contributed by atoms with Gasteiger partial charge in [-0.25, -0.2) is 10.5 Å². The zero-order valence-electron chi connectivity index (χ0n) is 13.2. The number of nitrogens with zero attached hydrogens (tertiary/aromatic N) is 6. The summed E-state index contributed by atoms with van der Waals surface area (Å²) in [7, 11) is 0. The second-order valence-corrected chi connectivity index (χ2v) is 5.02. The number of nitrogen functional groups attached to an aromatic ring is 2. The molecule has 126 valence electrons. The topological polar surface area (TPSA) is 154 Å². The fourth-order valence-electron chi connectivity index (χ4n) is 2.31. The van der Waals surface area contributed by atoms with Crippen molar-refractivity contribution < 1.29 is 9.42 Å². The molecule has 23 heavy (non-hydrogen) atoms. The van der Waals surface area contributed by atoms with Gasteiger partial charge >= 0.3 is 0 Å². The van der Waals surface area contributed by atoms with Crippen molar-refractivity contribution >= 4 is 11.7 Å². The Morgan fingerprint density at radius 3 is 2.52 bits per heavy atom. The van der Waals surface area contributed by atoms with Crippen LogP contribution >= 0.6 is 0 Å². The van der Waals surface area contributed by atoms with Gasteiger partial charge in [0.25, 0.3) is 5.91 Å². The Morgan fingerprint density at radius 1 is 1.30 bits per heavy atom. The van der Waals surface area contributed by atoms with Crippen LogP contribution in [0.2, 0.25) is 0 Å². The van der Waals surface area contributed by atoms with Gasteiger partial charge in [0.15, 0.2) is 5.69 Å². The van der Waals surface area contributed by atoms with Gasteiger partial charge in [0.1, 0.15) is 0 Å². The molecule has 2 rings (SSSR count). The van der Waals surface area contributed by atoms with Crippen molar-refractivity contribution in [1.82, 2.24) is 35.6 Å². The highest BCUT2D eigenvalue weighted by molar-refractivity contribution is 5.92. The first-order valence-corrected chi connectivity index (χ1v) is 7.38. The molecule has 1 amide bonds. The largest absolute Gasteiger partial charge is 0.378 e. The van der Waals surface area contributed by atoms with Crippen molar-refractivity contribution in [3.8, 4) is 5.82 Å². The van der Waals surface area contributed by atoms with Crippen molar-refractivity contribution in [3.63, 3.8) is 0 Å². The summed E-state index contributed by atoms with van der Waals surface area (Å²) in [6, 6.07) is 0. The average molecular weight is 323 g/mol. The molecular formula is C12H21N9O2.